The average Bonchev–Trinajstić information content (AvgIpc) is 2.69. The van der Waals surface area contributed by atoms with Gasteiger partial charge in [0, 0.05) is 6.20 Å². The van der Waals surface area contributed by atoms with Crippen molar-refractivity contribution in [3.05, 3.63) is 74.5 Å². The largest absolute Gasteiger partial charge is 0.465 e. The van der Waals surface area contributed by atoms with Crippen LogP contribution in [0.1, 0.15) is 20.7 Å². The van der Waals surface area contributed by atoms with Crippen LogP contribution in [0.3, 0.4) is 0 Å². The summed E-state index contributed by atoms with van der Waals surface area (Å²) in [6, 6.07) is 5.78. The maximum absolute atomic E-state index is 13.0. The van der Waals surface area contributed by atoms with Gasteiger partial charge in [0.15, 0.2) is 0 Å². The van der Waals surface area contributed by atoms with Gasteiger partial charge in [0.25, 0.3) is 11.5 Å². The molecule has 0 saturated heterocycles. The van der Waals surface area contributed by atoms with Crippen molar-refractivity contribution < 1.29 is 14.3 Å². The van der Waals surface area contributed by atoms with Crippen LogP contribution in [0.4, 0.5) is 11.5 Å². The van der Waals surface area contributed by atoms with Crippen LogP contribution in [0.2, 0.25) is 10.0 Å². The van der Waals surface area contributed by atoms with Crippen LogP contribution < -0.4 is 16.6 Å². The molecule has 148 valence electrons. The maximum atomic E-state index is 13.0. The number of nitrogens with two attached hydrogens (primary N) is 1. The molecular weight excluding hydrogens is 421 g/mol. The van der Waals surface area contributed by atoms with Crippen molar-refractivity contribution in [2.24, 2.45) is 0 Å². The number of amides is 1. The zero-order valence-electron chi connectivity index (χ0n) is 14.8. The molecule has 1 amide bonds. The molecule has 3 aromatic rings. The van der Waals surface area contributed by atoms with Gasteiger partial charge < -0.3 is 15.8 Å². The number of nitrogens with zero attached hydrogens (tertiary/aromatic N) is 3. The fraction of sp³-hybridized carbons (Fsp3) is 0.0556. The fourth-order valence-electron chi connectivity index (χ4n) is 2.50. The van der Waals surface area contributed by atoms with Gasteiger partial charge in [-0.15, -0.1) is 0 Å². The Morgan fingerprint density at radius 2 is 1.93 bits per heavy atom. The van der Waals surface area contributed by atoms with Gasteiger partial charge in [0.2, 0.25) is 0 Å². The third kappa shape index (κ3) is 4.05. The predicted molar refractivity (Wildman–Crippen MR) is 108 cm³/mol. The number of ether oxygens (including phenoxy) is 1. The van der Waals surface area contributed by atoms with Crippen LogP contribution in [0.15, 0.2) is 47.8 Å². The quantitative estimate of drug-likeness (QED) is 0.604. The second-order valence-electron chi connectivity index (χ2n) is 5.66. The molecule has 0 bridgehead atoms. The second-order valence-corrected chi connectivity index (χ2v) is 6.47. The van der Waals surface area contributed by atoms with Gasteiger partial charge in [-0.05, 0) is 24.3 Å². The molecule has 2 aromatic heterocycles. The lowest BCUT2D eigenvalue weighted by Crippen LogP contribution is -2.31. The Morgan fingerprint density at radius 3 is 2.52 bits per heavy atom. The van der Waals surface area contributed by atoms with E-state index in [0.717, 1.165) is 10.9 Å². The minimum absolute atomic E-state index is 0.0230. The Balaban J connectivity index is 2.09. The molecular formula is C18H13Cl2N5O4. The number of aromatic nitrogens is 3. The van der Waals surface area contributed by atoms with E-state index in [0.29, 0.717) is 5.69 Å². The van der Waals surface area contributed by atoms with Crippen molar-refractivity contribution in [1.82, 2.24) is 14.5 Å². The number of methoxy groups -OCH3 is 1. The van der Waals surface area contributed by atoms with E-state index in [-0.39, 0.29) is 27.1 Å². The molecule has 0 saturated carbocycles. The van der Waals surface area contributed by atoms with Gasteiger partial charge in [0.05, 0.1) is 40.3 Å². The Labute approximate surface area is 174 Å². The highest BCUT2D eigenvalue weighted by atomic mass is 35.5. The number of esters is 1. The Hall–Kier alpha value is -3.43. The van der Waals surface area contributed by atoms with Gasteiger partial charge >= 0.3 is 5.97 Å². The summed E-state index contributed by atoms with van der Waals surface area (Å²) >= 11 is 12.4. The lowest BCUT2D eigenvalue weighted by atomic mass is 10.2. The average molecular weight is 434 g/mol. The van der Waals surface area contributed by atoms with Crippen molar-refractivity contribution in [2.75, 3.05) is 18.2 Å². The summed E-state index contributed by atoms with van der Waals surface area (Å²) in [7, 11) is 1.21. The first-order valence-corrected chi connectivity index (χ1v) is 8.75. The molecule has 3 rings (SSSR count). The van der Waals surface area contributed by atoms with Crippen LogP contribution >= 0.6 is 23.2 Å². The van der Waals surface area contributed by atoms with E-state index in [1.165, 1.54) is 31.6 Å². The van der Waals surface area contributed by atoms with E-state index in [4.69, 9.17) is 28.9 Å². The van der Waals surface area contributed by atoms with Gasteiger partial charge in [-0.25, -0.2) is 9.78 Å². The van der Waals surface area contributed by atoms with Crippen LogP contribution in [-0.4, -0.2) is 33.5 Å². The summed E-state index contributed by atoms with van der Waals surface area (Å²) in [5, 5.41) is 2.47. The highest BCUT2D eigenvalue weighted by molar-refractivity contribution is 6.38. The smallest absolute Gasteiger partial charge is 0.337 e. The Bertz CT molecular complexity index is 1140. The minimum atomic E-state index is -0.798. The normalized spacial score (nSPS) is 10.4. The fourth-order valence-corrected chi connectivity index (χ4v) is 3.17. The summed E-state index contributed by atoms with van der Waals surface area (Å²) < 4.78 is 5.60. The molecule has 0 spiro atoms. The van der Waals surface area contributed by atoms with E-state index in [9.17, 15) is 14.4 Å². The maximum Gasteiger partial charge on any atom is 0.337 e. The first-order chi connectivity index (χ1) is 13.8. The van der Waals surface area contributed by atoms with Crippen molar-refractivity contribution in [3.8, 4) is 5.69 Å². The molecule has 2 heterocycles. The molecule has 0 unspecified atom stereocenters. The zero-order chi connectivity index (χ0) is 21.1. The first kappa shape index (κ1) is 20.3. The Morgan fingerprint density at radius 1 is 1.24 bits per heavy atom. The van der Waals surface area contributed by atoms with Crippen molar-refractivity contribution >= 4 is 46.6 Å². The number of hydrogen-bond donors (Lipinski definition) is 2. The molecule has 3 N–H and O–H groups in total. The number of halogens is 2. The van der Waals surface area contributed by atoms with Crippen LogP contribution in [-0.2, 0) is 4.74 Å². The standard InChI is InChI=1S/C18H13Cl2N5O4/c1-29-18(28)9-5-11(19)14(12(20)6-9)25-8-23-15(21)13(17(25)27)16(26)24-10-3-2-4-22-7-10/h2-8H,21H2,1H3,(H,24,26). The summed E-state index contributed by atoms with van der Waals surface area (Å²) in [5.41, 5.74) is 5.05. The number of hydrogen-bond acceptors (Lipinski definition) is 7. The zero-order valence-corrected chi connectivity index (χ0v) is 16.4. The van der Waals surface area contributed by atoms with Crippen molar-refractivity contribution in [3.63, 3.8) is 0 Å². The first-order valence-electron chi connectivity index (χ1n) is 7.99. The van der Waals surface area contributed by atoms with Crippen LogP contribution in [0.5, 0.6) is 0 Å². The number of benzene rings is 1. The molecule has 0 atom stereocenters. The monoisotopic (exact) mass is 433 g/mol. The topological polar surface area (TPSA) is 129 Å². The van der Waals surface area contributed by atoms with E-state index >= 15 is 0 Å². The number of carbonyl (C=O) groups excluding carboxylic acids is 2. The molecule has 11 heteroatoms. The summed E-state index contributed by atoms with van der Waals surface area (Å²) in [4.78, 5) is 45.0. The van der Waals surface area contributed by atoms with Crippen molar-refractivity contribution in [1.29, 1.82) is 0 Å². The van der Waals surface area contributed by atoms with Gasteiger partial charge in [-0.3, -0.25) is 19.1 Å². The molecule has 0 aliphatic heterocycles. The number of anilines is 2. The van der Waals surface area contributed by atoms with E-state index in [2.05, 4.69) is 20.0 Å². The predicted octanol–water partition coefficient (Wildman–Crippen LogP) is 2.56. The minimum Gasteiger partial charge on any atom is -0.465 e. The van der Waals surface area contributed by atoms with E-state index < -0.39 is 23.0 Å². The summed E-state index contributed by atoms with van der Waals surface area (Å²) in [6.45, 7) is 0. The Kier molecular flexibility index (Phi) is 5.81. The molecule has 1 aromatic carbocycles. The number of nitrogen functional groups attached to an aromatic ring is 1. The van der Waals surface area contributed by atoms with Crippen molar-refractivity contribution in [2.45, 2.75) is 0 Å². The number of carbonyl (C=O) groups is 2. The number of pyridine rings is 1. The second kappa shape index (κ2) is 8.29. The van der Waals surface area contributed by atoms with Gasteiger partial charge in [-0.1, -0.05) is 23.2 Å². The highest BCUT2D eigenvalue weighted by Crippen LogP contribution is 2.30. The van der Waals surface area contributed by atoms with E-state index in [1.807, 2.05) is 0 Å². The van der Waals surface area contributed by atoms with Gasteiger partial charge in [-0.2, -0.15) is 0 Å². The third-order valence-corrected chi connectivity index (χ3v) is 4.40. The van der Waals surface area contributed by atoms with Crippen LogP contribution in [0, 0.1) is 0 Å². The number of nitrogens with one attached hydrogen (secondary N) is 1. The lowest BCUT2D eigenvalue weighted by molar-refractivity contribution is 0.0600. The summed E-state index contributed by atoms with van der Waals surface area (Å²) in [5.74, 6) is -1.70. The van der Waals surface area contributed by atoms with Crippen LogP contribution in [0.25, 0.3) is 5.69 Å². The summed E-state index contributed by atoms with van der Waals surface area (Å²) in [6.07, 6.45) is 4.02. The molecule has 29 heavy (non-hydrogen) atoms. The molecule has 0 fully saturated rings. The molecule has 0 aliphatic rings. The van der Waals surface area contributed by atoms with Gasteiger partial charge in [0.1, 0.15) is 17.7 Å². The number of rotatable bonds is 4. The molecule has 0 radical (unpaired) electrons. The lowest BCUT2D eigenvalue weighted by Gasteiger charge is -2.13. The van der Waals surface area contributed by atoms with E-state index in [1.54, 1.807) is 12.1 Å². The third-order valence-electron chi connectivity index (χ3n) is 3.83. The SMILES string of the molecule is COC(=O)c1cc(Cl)c(-n2cnc(N)c(C(=O)Nc3cccnc3)c2=O)c(Cl)c1. The molecule has 0 aliphatic carbocycles. The highest BCUT2D eigenvalue weighted by Gasteiger charge is 2.22. The molecule has 9 nitrogen and oxygen atoms in total.